The fraction of sp³-hybridized carbons (Fsp3) is 0.412. The molecular formula is C17H30. The molecule has 17 heavy (non-hydrogen) atoms. The van der Waals surface area contributed by atoms with Gasteiger partial charge in [-0.25, -0.2) is 0 Å². The highest BCUT2D eigenvalue weighted by molar-refractivity contribution is 5.46. The average molecular weight is 234 g/mol. The van der Waals surface area contributed by atoms with Crippen molar-refractivity contribution in [2.24, 2.45) is 0 Å². The molecule has 0 aromatic rings. The van der Waals surface area contributed by atoms with Gasteiger partial charge >= 0.3 is 0 Å². The summed E-state index contributed by atoms with van der Waals surface area (Å²) in [6.07, 6.45) is 12.9. The lowest BCUT2D eigenvalue weighted by Gasteiger charge is -2.01. The number of hydrogen-bond donors (Lipinski definition) is 0. The Labute approximate surface area is 109 Å². The molecule has 0 amide bonds. The Kier molecular flexibility index (Phi) is 24.9. The van der Waals surface area contributed by atoms with E-state index in [0.717, 1.165) is 12.0 Å². The minimum Gasteiger partial charge on any atom is -0.0990 e. The highest BCUT2D eigenvalue weighted by Crippen LogP contribution is 2.13. The molecule has 0 spiro atoms. The van der Waals surface area contributed by atoms with Crippen molar-refractivity contribution in [3.8, 4) is 0 Å². The lowest BCUT2D eigenvalue weighted by atomic mass is 10.0. The average Bonchev–Trinajstić information content (AvgIpc) is 2.40. The third kappa shape index (κ3) is 12.6. The zero-order chi connectivity index (χ0) is 14.1. The monoisotopic (exact) mass is 234 g/mol. The highest BCUT2D eigenvalue weighted by Gasteiger charge is 1.94. The molecular weight excluding hydrogens is 204 g/mol. The topological polar surface area (TPSA) is 0 Å². The molecule has 0 saturated carbocycles. The van der Waals surface area contributed by atoms with Crippen LogP contribution in [-0.2, 0) is 0 Å². The van der Waals surface area contributed by atoms with Crippen LogP contribution in [0.25, 0.3) is 0 Å². The van der Waals surface area contributed by atoms with E-state index >= 15 is 0 Å². The molecule has 98 valence electrons. The summed E-state index contributed by atoms with van der Waals surface area (Å²) in [6.45, 7) is 19.6. The van der Waals surface area contributed by atoms with Crippen molar-refractivity contribution in [3.63, 3.8) is 0 Å². The van der Waals surface area contributed by atoms with Crippen molar-refractivity contribution in [2.75, 3.05) is 0 Å². The normalized spacial score (nSPS) is 10.9. The van der Waals surface area contributed by atoms with Gasteiger partial charge in [0.1, 0.15) is 0 Å². The molecule has 0 nitrogen and oxygen atoms in total. The maximum absolute atomic E-state index is 3.77. The molecule has 0 saturated heterocycles. The van der Waals surface area contributed by atoms with Crippen molar-refractivity contribution in [1.29, 1.82) is 0 Å². The van der Waals surface area contributed by atoms with Crippen LogP contribution < -0.4 is 0 Å². The van der Waals surface area contributed by atoms with E-state index in [2.05, 4.69) is 32.2 Å². The first-order valence-electron chi connectivity index (χ1n) is 6.58. The Hall–Kier alpha value is -1.30. The third-order valence-electron chi connectivity index (χ3n) is 1.62. The predicted octanol–water partition coefficient (Wildman–Crippen LogP) is 6.25. The van der Waals surface area contributed by atoms with Gasteiger partial charge in [-0.2, -0.15) is 0 Å². The van der Waals surface area contributed by atoms with Gasteiger partial charge in [-0.3, -0.25) is 0 Å². The van der Waals surface area contributed by atoms with E-state index in [-0.39, 0.29) is 0 Å². The Balaban J connectivity index is -0.000000439. The lowest BCUT2D eigenvalue weighted by Crippen LogP contribution is -1.82. The van der Waals surface area contributed by atoms with Gasteiger partial charge in [-0.15, -0.1) is 0 Å². The van der Waals surface area contributed by atoms with Crippen molar-refractivity contribution in [3.05, 3.63) is 60.8 Å². The molecule has 0 aromatic heterocycles. The second-order valence-electron chi connectivity index (χ2n) is 2.63. The molecule has 0 atom stereocenters. The molecule has 0 rings (SSSR count). The fourth-order valence-electron chi connectivity index (χ4n) is 1.09. The molecule has 0 aliphatic rings. The molecule has 0 fully saturated rings. The highest BCUT2D eigenvalue weighted by atomic mass is 14.0. The van der Waals surface area contributed by atoms with E-state index in [1.807, 2.05) is 52.8 Å². The zero-order valence-corrected chi connectivity index (χ0v) is 12.6. The summed E-state index contributed by atoms with van der Waals surface area (Å²) in [5.41, 5.74) is 2.33. The van der Waals surface area contributed by atoms with Crippen LogP contribution in [0.2, 0.25) is 0 Å². The number of allylic oxidation sites excluding steroid dienone is 8. The second-order valence-corrected chi connectivity index (χ2v) is 2.63. The summed E-state index contributed by atoms with van der Waals surface area (Å²) in [7, 11) is 0. The van der Waals surface area contributed by atoms with Gasteiger partial charge in [0, 0.05) is 0 Å². The SMILES string of the molecule is C=C/C=C(C=C)/C(/C=C\C)=C/CC.CC.CC. The summed E-state index contributed by atoms with van der Waals surface area (Å²) in [6, 6.07) is 0. The summed E-state index contributed by atoms with van der Waals surface area (Å²) in [5.74, 6) is 0. The largest absolute Gasteiger partial charge is 0.0990 e. The molecule has 0 aromatic carbocycles. The maximum atomic E-state index is 3.77. The Bertz CT molecular complexity index is 249. The lowest BCUT2D eigenvalue weighted by molar-refractivity contribution is 1.20. The van der Waals surface area contributed by atoms with Gasteiger partial charge in [-0.05, 0) is 24.5 Å². The van der Waals surface area contributed by atoms with Gasteiger partial charge in [0.25, 0.3) is 0 Å². The number of hydrogen-bond acceptors (Lipinski definition) is 0. The summed E-state index contributed by atoms with van der Waals surface area (Å²) >= 11 is 0. The quantitative estimate of drug-likeness (QED) is 0.493. The van der Waals surface area contributed by atoms with Gasteiger partial charge < -0.3 is 0 Å². The van der Waals surface area contributed by atoms with Crippen LogP contribution in [0, 0.1) is 0 Å². The molecule has 0 heteroatoms. The minimum atomic E-state index is 1.03. The first-order valence-corrected chi connectivity index (χ1v) is 6.58. The van der Waals surface area contributed by atoms with Crippen LogP contribution in [0.3, 0.4) is 0 Å². The first-order chi connectivity index (χ1) is 8.29. The van der Waals surface area contributed by atoms with Crippen LogP contribution in [-0.4, -0.2) is 0 Å². The van der Waals surface area contributed by atoms with E-state index < -0.39 is 0 Å². The Morgan fingerprint density at radius 3 is 1.82 bits per heavy atom. The fourth-order valence-corrected chi connectivity index (χ4v) is 1.09. The summed E-state index contributed by atoms with van der Waals surface area (Å²) in [5, 5.41) is 0. The Morgan fingerprint density at radius 2 is 1.53 bits per heavy atom. The van der Waals surface area contributed by atoms with Gasteiger partial charge in [0.2, 0.25) is 0 Å². The standard InChI is InChI=1S/C13H18.2C2H6/c1-5-9-12(8-4)13(10-6-2)11-7-3;2*1-2/h5-6,8-11H,1,4,7H2,2-3H3;2*1-2H3/b10-6-,12-9+,13-11+;;. The van der Waals surface area contributed by atoms with Crippen molar-refractivity contribution < 1.29 is 0 Å². The molecule has 0 N–H and O–H groups in total. The van der Waals surface area contributed by atoms with Crippen molar-refractivity contribution in [2.45, 2.75) is 48.0 Å². The maximum Gasteiger partial charge on any atom is -0.0193 e. The Morgan fingerprint density at radius 1 is 1.00 bits per heavy atom. The van der Waals surface area contributed by atoms with E-state index in [9.17, 15) is 0 Å². The molecule has 0 unspecified atom stereocenters. The van der Waals surface area contributed by atoms with Crippen LogP contribution in [0.15, 0.2) is 60.8 Å². The van der Waals surface area contributed by atoms with E-state index in [4.69, 9.17) is 0 Å². The molecule has 0 aliphatic heterocycles. The van der Waals surface area contributed by atoms with E-state index in [1.165, 1.54) is 5.57 Å². The molecule has 0 heterocycles. The second kappa shape index (κ2) is 20.2. The smallest absolute Gasteiger partial charge is 0.0193 e. The van der Waals surface area contributed by atoms with Gasteiger partial charge in [0.05, 0.1) is 0 Å². The molecule has 0 bridgehead atoms. The van der Waals surface area contributed by atoms with E-state index in [0.29, 0.717) is 0 Å². The van der Waals surface area contributed by atoms with Crippen molar-refractivity contribution >= 4 is 0 Å². The number of rotatable bonds is 5. The van der Waals surface area contributed by atoms with Gasteiger partial charge in [-0.1, -0.05) is 84.2 Å². The minimum absolute atomic E-state index is 1.03. The van der Waals surface area contributed by atoms with Crippen LogP contribution in [0.1, 0.15) is 48.0 Å². The summed E-state index contributed by atoms with van der Waals surface area (Å²) < 4.78 is 0. The predicted molar refractivity (Wildman–Crippen MR) is 84.4 cm³/mol. The van der Waals surface area contributed by atoms with Crippen molar-refractivity contribution in [1.82, 2.24) is 0 Å². The molecule has 0 aliphatic carbocycles. The first kappa shape index (κ1) is 21.0. The zero-order valence-electron chi connectivity index (χ0n) is 12.6. The molecule has 0 radical (unpaired) electrons. The van der Waals surface area contributed by atoms with Crippen LogP contribution in [0.4, 0.5) is 0 Å². The summed E-state index contributed by atoms with van der Waals surface area (Å²) in [4.78, 5) is 0. The third-order valence-corrected chi connectivity index (χ3v) is 1.62. The van der Waals surface area contributed by atoms with Crippen LogP contribution >= 0.6 is 0 Å². The van der Waals surface area contributed by atoms with Gasteiger partial charge in [0.15, 0.2) is 0 Å². The van der Waals surface area contributed by atoms with E-state index in [1.54, 1.807) is 6.08 Å². The van der Waals surface area contributed by atoms with Crippen LogP contribution in [0.5, 0.6) is 0 Å².